The average molecular weight is 401 g/mol. The van der Waals surface area contributed by atoms with Gasteiger partial charge in [-0.2, -0.15) is 0 Å². The summed E-state index contributed by atoms with van der Waals surface area (Å²) in [7, 11) is 3.12. The Morgan fingerprint density at radius 3 is 2.27 bits per heavy atom. The Morgan fingerprint density at radius 2 is 1.63 bits per heavy atom. The van der Waals surface area contributed by atoms with E-state index in [9.17, 15) is 9.90 Å². The highest BCUT2D eigenvalue weighted by Crippen LogP contribution is 2.29. The van der Waals surface area contributed by atoms with Crippen molar-refractivity contribution in [3.63, 3.8) is 0 Å². The lowest BCUT2D eigenvalue weighted by Crippen LogP contribution is -2.20. The van der Waals surface area contributed by atoms with Crippen molar-refractivity contribution in [2.45, 2.75) is 0 Å². The van der Waals surface area contributed by atoms with Crippen LogP contribution in [0.25, 0.3) is 16.6 Å². The Kier molecular flexibility index (Phi) is 5.17. The summed E-state index contributed by atoms with van der Waals surface area (Å²) in [6.45, 7) is 0. The Balaban J connectivity index is 1.93. The Bertz CT molecular complexity index is 1280. The van der Waals surface area contributed by atoms with E-state index in [4.69, 9.17) is 9.47 Å². The molecule has 2 heterocycles. The van der Waals surface area contributed by atoms with Crippen LogP contribution >= 0.6 is 0 Å². The van der Waals surface area contributed by atoms with Gasteiger partial charge >= 0.3 is 0 Å². The highest BCUT2D eigenvalue weighted by Gasteiger charge is 2.16. The van der Waals surface area contributed by atoms with Crippen molar-refractivity contribution in [2.75, 3.05) is 14.2 Å². The molecule has 150 valence electrons. The zero-order valence-corrected chi connectivity index (χ0v) is 16.4. The van der Waals surface area contributed by atoms with E-state index in [2.05, 4.69) is 9.98 Å². The molecule has 0 spiro atoms. The molecule has 0 atom stereocenters. The second kappa shape index (κ2) is 8.08. The van der Waals surface area contributed by atoms with Crippen LogP contribution in [0.15, 0.2) is 76.6 Å². The number of aromatic hydroxyl groups is 1. The maximum Gasteiger partial charge on any atom is 0.267 e. The molecular formula is C23H19N3O4. The molecule has 2 aromatic heterocycles. The predicted molar refractivity (Wildman–Crippen MR) is 116 cm³/mol. The third-order valence-corrected chi connectivity index (χ3v) is 4.66. The van der Waals surface area contributed by atoms with Gasteiger partial charge in [0.15, 0.2) is 0 Å². The van der Waals surface area contributed by atoms with Gasteiger partial charge in [0.1, 0.15) is 17.3 Å². The van der Waals surface area contributed by atoms with E-state index < -0.39 is 0 Å². The van der Waals surface area contributed by atoms with E-state index in [1.165, 1.54) is 10.8 Å². The second-order valence-corrected chi connectivity index (χ2v) is 6.44. The number of fused-ring (bicyclic) bond motifs is 1. The molecule has 4 aromatic rings. The lowest BCUT2D eigenvalue weighted by molar-refractivity contribution is 0.394. The number of hydrogen-bond donors (Lipinski definition) is 1. The molecule has 0 bridgehead atoms. The quantitative estimate of drug-likeness (QED) is 0.513. The van der Waals surface area contributed by atoms with Crippen molar-refractivity contribution in [3.05, 3.63) is 82.8 Å². The van der Waals surface area contributed by atoms with Crippen molar-refractivity contribution in [1.82, 2.24) is 9.55 Å². The summed E-state index contributed by atoms with van der Waals surface area (Å²) in [5.74, 6) is 1.27. The van der Waals surface area contributed by atoms with Crippen molar-refractivity contribution >= 4 is 22.7 Å². The van der Waals surface area contributed by atoms with Crippen molar-refractivity contribution < 1.29 is 14.6 Å². The molecule has 0 aliphatic carbocycles. The van der Waals surface area contributed by atoms with Crippen molar-refractivity contribution in [3.8, 4) is 23.2 Å². The lowest BCUT2D eigenvalue weighted by Gasteiger charge is -2.12. The average Bonchev–Trinajstić information content (AvgIpc) is 2.79. The third kappa shape index (κ3) is 3.48. The summed E-state index contributed by atoms with van der Waals surface area (Å²) in [6, 6.07) is 17.4. The zero-order valence-electron chi connectivity index (χ0n) is 16.4. The first-order valence-electron chi connectivity index (χ1n) is 9.17. The number of nitrogens with zero attached hydrogens (tertiary/aromatic N) is 3. The number of methoxy groups -OCH3 is 2. The lowest BCUT2D eigenvalue weighted by atomic mass is 10.1. The molecule has 0 aliphatic heterocycles. The fraction of sp³-hybridized carbons (Fsp3) is 0.0870. The molecule has 1 N–H and O–H groups in total. The van der Waals surface area contributed by atoms with Crippen LogP contribution in [-0.2, 0) is 0 Å². The summed E-state index contributed by atoms with van der Waals surface area (Å²) in [4.78, 5) is 21.7. The van der Waals surface area contributed by atoms with Gasteiger partial charge in [-0.25, -0.2) is 9.55 Å². The molecule has 0 aliphatic rings. The standard InChI is InChI=1S/C23H19N3O4/c1-29-16-11-15(12-17(13-16)30-2)25-14-20-18-7-3-4-8-19(18)22(27)26(23(20)28)21-9-5-6-10-24-21/h3-14,28H,1-2H3. The summed E-state index contributed by atoms with van der Waals surface area (Å²) in [5, 5.41) is 12.0. The normalized spacial score (nSPS) is 11.1. The monoisotopic (exact) mass is 401 g/mol. The third-order valence-electron chi connectivity index (χ3n) is 4.66. The van der Waals surface area contributed by atoms with Crippen LogP contribution in [0.3, 0.4) is 0 Å². The zero-order chi connectivity index (χ0) is 21.1. The van der Waals surface area contributed by atoms with Gasteiger partial charge < -0.3 is 14.6 Å². The number of hydrogen-bond acceptors (Lipinski definition) is 6. The number of pyridine rings is 2. The molecule has 0 saturated heterocycles. The van der Waals surface area contributed by atoms with Crippen LogP contribution in [0.5, 0.6) is 17.4 Å². The number of aromatic nitrogens is 2. The van der Waals surface area contributed by atoms with E-state index in [0.29, 0.717) is 39.3 Å². The van der Waals surface area contributed by atoms with Gasteiger partial charge in [-0.3, -0.25) is 9.79 Å². The molecule has 0 fully saturated rings. The second-order valence-electron chi connectivity index (χ2n) is 6.44. The van der Waals surface area contributed by atoms with Gasteiger partial charge in [-0.05, 0) is 18.2 Å². The van der Waals surface area contributed by atoms with Crippen LogP contribution in [0.1, 0.15) is 5.56 Å². The fourth-order valence-corrected chi connectivity index (χ4v) is 3.19. The summed E-state index contributed by atoms with van der Waals surface area (Å²) in [5.41, 5.74) is 0.616. The molecular weight excluding hydrogens is 382 g/mol. The van der Waals surface area contributed by atoms with E-state index in [1.807, 2.05) is 0 Å². The summed E-state index contributed by atoms with van der Waals surface area (Å²) < 4.78 is 11.7. The first kappa shape index (κ1) is 19.2. The van der Waals surface area contributed by atoms with E-state index >= 15 is 0 Å². The van der Waals surface area contributed by atoms with Crippen LogP contribution in [0, 0.1) is 0 Å². The van der Waals surface area contributed by atoms with Gasteiger partial charge in [0.25, 0.3) is 5.56 Å². The Morgan fingerprint density at radius 1 is 0.967 bits per heavy atom. The number of ether oxygens (including phenoxy) is 2. The Hall–Kier alpha value is -4.13. The SMILES string of the molecule is COc1cc(N=Cc2c(O)n(-c3ccccn3)c(=O)c3ccccc23)cc(OC)c1. The van der Waals surface area contributed by atoms with Crippen LogP contribution in [0.2, 0.25) is 0 Å². The van der Waals surface area contributed by atoms with Crippen molar-refractivity contribution in [2.24, 2.45) is 4.99 Å². The highest BCUT2D eigenvalue weighted by molar-refractivity contribution is 6.02. The largest absolute Gasteiger partial charge is 0.497 e. The maximum atomic E-state index is 13.0. The molecule has 0 amide bonds. The Labute approximate surface area is 172 Å². The van der Waals surface area contributed by atoms with Gasteiger partial charge in [-0.1, -0.05) is 24.3 Å². The first-order chi connectivity index (χ1) is 14.6. The number of aliphatic imine (C=N–C) groups is 1. The molecule has 7 heteroatoms. The minimum atomic E-state index is -0.359. The van der Waals surface area contributed by atoms with Crippen LogP contribution in [0.4, 0.5) is 5.69 Å². The van der Waals surface area contributed by atoms with Gasteiger partial charge in [-0.15, -0.1) is 0 Å². The topological polar surface area (TPSA) is 85.9 Å². The molecule has 0 saturated carbocycles. The van der Waals surface area contributed by atoms with Crippen LogP contribution < -0.4 is 15.0 Å². The van der Waals surface area contributed by atoms with Gasteiger partial charge in [0.05, 0.1) is 25.5 Å². The van der Waals surface area contributed by atoms with E-state index in [0.717, 1.165) is 0 Å². The smallest absolute Gasteiger partial charge is 0.267 e. The van der Waals surface area contributed by atoms with Crippen LogP contribution in [-0.4, -0.2) is 35.1 Å². The number of benzene rings is 2. The van der Waals surface area contributed by atoms with E-state index in [1.54, 1.807) is 81.1 Å². The molecule has 0 radical (unpaired) electrons. The molecule has 0 unspecified atom stereocenters. The minimum absolute atomic E-state index is 0.240. The maximum absolute atomic E-state index is 13.0. The highest BCUT2D eigenvalue weighted by atomic mass is 16.5. The first-order valence-corrected chi connectivity index (χ1v) is 9.17. The van der Waals surface area contributed by atoms with E-state index in [-0.39, 0.29) is 11.4 Å². The molecule has 30 heavy (non-hydrogen) atoms. The van der Waals surface area contributed by atoms with Crippen molar-refractivity contribution in [1.29, 1.82) is 0 Å². The molecule has 2 aromatic carbocycles. The molecule has 7 nitrogen and oxygen atoms in total. The van der Waals surface area contributed by atoms with Gasteiger partial charge in [0, 0.05) is 41.4 Å². The predicted octanol–water partition coefficient (Wildman–Crippen LogP) is 3.86. The fourth-order valence-electron chi connectivity index (χ4n) is 3.19. The summed E-state index contributed by atoms with van der Waals surface area (Å²) in [6.07, 6.45) is 3.08. The molecule has 4 rings (SSSR count). The number of rotatable bonds is 5. The summed E-state index contributed by atoms with van der Waals surface area (Å²) >= 11 is 0. The minimum Gasteiger partial charge on any atom is -0.497 e. The van der Waals surface area contributed by atoms with Gasteiger partial charge in [0.2, 0.25) is 5.88 Å².